The van der Waals surface area contributed by atoms with Crippen LogP contribution in [-0.4, -0.2) is 42.0 Å². The van der Waals surface area contributed by atoms with Crippen LogP contribution >= 0.6 is 0 Å². The van der Waals surface area contributed by atoms with Gasteiger partial charge in [-0.25, -0.2) is 0 Å². The summed E-state index contributed by atoms with van der Waals surface area (Å²) in [7, 11) is 0. The highest BCUT2D eigenvalue weighted by molar-refractivity contribution is 5.25. The van der Waals surface area contributed by atoms with E-state index >= 15 is 0 Å². The lowest BCUT2D eigenvalue weighted by molar-refractivity contribution is 0.0754. The van der Waals surface area contributed by atoms with Crippen LogP contribution in [-0.2, 0) is 6.54 Å². The highest BCUT2D eigenvalue weighted by Crippen LogP contribution is 2.24. The summed E-state index contributed by atoms with van der Waals surface area (Å²) in [6.45, 7) is 8.39. The fraction of sp³-hybridized carbons (Fsp3) is 0.667. The number of rotatable bonds is 3. The number of hydrogen-bond acceptors (Lipinski definition) is 2. The fourth-order valence-corrected chi connectivity index (χ4v) is 3.76. The molecular formula is C18H28N2. The van der Waals surface area contributed by atoms with Crippen molar-refractivity contribution in [1.82, 2.24) is 9.80 Å². The maximum Gasteiger partial charge on any atom is 0.0237 e. The van der Waals surface area contributed by atoms with E-state index in [9.17, 15) is 0 Å². The van der Waals surface area contributed by atoms with E-state index in [0.29, 0.717) is 0 Å². The second kappa shape index (κ2) is 6.73. The maximum atomic E-state index is 2.76. The summed E-state index contributed by atoms with van der Waals surface area (Å²) in [4.78, 5) is 5.38. The van der Waals surface area contributed by atoms with E-state index in [4.69, 9.17) is 0 Å². The molecule has 0 aromatic heterocycles. The van der Waals surface area contributed by atoms with Gasteiger partial charge < -0.3 is 0 Å². The van der Waals surface area contributed by atoms with Gasteiger partial charge in [-0.15, -0.1) is 0 Å². The largest absolute Gasteiger partial charge is 0.298 e. The van der Waals surface area contributed by atoms with E-state index in [-0.39, 0.29) is 0 Å². The van der Waals surface area contributed by atoms with Crippen molar-refractivity contribution in [3.05, 3.63) is 35.4 Å². The highest BCUT2D eigenvalue weighted by atomic mass is 15.3. The molecule has 1 heterocycles. The van der Waals surface area contributed by atoms with Crippen LogP contribution < -0.4 is 0 Å². The molecule has 2 fully saturated rings. The first kappa shape index (κ1) is 14.1. The van der Waals surface area contributed by atoms with Crippen LogP contribution in [0.25, 0.3) is 0 Å². The summed E-state index contributed by atoms with van der Waals surface area (Å²) in [5.74, 6) is 0. The van der Waals surface area contributed by atoms with Gasteiger partial charge in [-0.3, -0.25) is 9.80 Å². The minimum absolute atomic E-state index is 0.893. The Kier molecular flexibility index (Phi) is 4.74. The molecule has 2 nitrogen and oxygen atoms in total. The normalized spacial score (nSPS) is 23.1. The Morgan fingerprint density at radius 1 is 0.950 bits per heavy atom. The number of hydrogen-bond donors (Lipinski definition) is 0. The molecule has 1 aliphatic carbocycles. The lowest BCUT2D eigenvalue weighted by Crippen LogP contribution is -2.50. The zero-order chi connectivity index (χ0) is 13.8. The topological polar surface area (TPSA) is 6.48 Å². The Balaban J connectivity index is 1.50. The highest BCUT2D eigenvalue weighted by Gasteiger charge is 2.25. The third kappa shape index (κ3) is 3.42. The van der Waals surface area contributed by atoms with Crippen LogP contribution in [0.1, 0.15) is 43.2 Å². The van der Waals surface area contributed by atoms with Gasteiger partial charge in [0.2, 0.25) is 0 Å². The van der Waals surface area contributed by atoms with Gasteiger partial charge >= 0.3 is 0 Å². The van der Waals surface area contributed by atoms with Gasteiger partial charge in [-0.2, -0.15) is 0 Å². The fourth-order valence-electron chi connectivity index (χ4n) is 3.76. The number of piperazine rings is 1. The second-order valence-electron chi connectivity index (χ2n) is 6.53. The summed E-state index contributed by atoms with van der Waals surface area (Å²) in [6, 6.07) is 9.71. The SMILES string of the molecule is Cc1ccccc1CN1CCN(C2CCCCC2)CC1. The first-order valence-corrected chi connectivity index (χ1v) is 8.34. The van der Waals surface area contributed by atoms with Crippen LogP contribution in [0.3, 0.4) is 0 Å². The molecule has 0 N–H and O–H groups in total. The first-order valence-electron chi connectivity index (χ1n) is 8.34. The summed E-state index contributed by atoms with van der Waals surface area (Å²) in [5, 5.41) is 0. The molecule has 1 aromatic carbocycles. The van der Waals surface area contributed by atoms with Crippen molar-refractivity contribution >= 4 is 0 Å². The third-order valence-corrected chi connectivity index (χ3v) is 5.15. The van der Waals surface area contributed by atoms with E-state index < -0.39 is 0 Å². The Bertz CT molecular complexity index is 415. The Hall–Kier alpha value is -0.860. The Morgan fingerprint density at radius 3 is 2.35 bits per heavy atom. The monoisotopic (exact) mass is 272 g/mol. The summed E-state index contributed by atoms with van der Waals surface area (Å²) < 4.78 is 0. The molecule has 0 spiro atoms. The molecule has 2 aliphatic rings. The standard InChI is InChI=1S/C18H28N2/c1-16-7-5-6-8-17(16)15-19-11-13-20(14-12-19)18-9-3-2-4-10-18/h5-8,18H,2-4,9-15H2,1H3. The average molecular weight is 272 g/mol. The zero-order valence-electron chi connectivity index (χ0n) is 12.9. The van der Waals surface area contributed by atoms with Crippen LogP contribution in [0.4, 0.5) is 0 Å². The maximum absolute atomic E-state index is 2.76. The number of nitrogens with zero attached hydrogens (tertiary/aromatic N) is 2. The molecule has 3 rings (SSSR count). The molecule has 0 unspecified atom stereocenters. The van der Waals surface area contributed by atoms with E-state index in [1.54, 1.807) is 0 Å². The second-order valence-corrected chi connectivity index (χ2v) is 6.53. The molecule has 1 aliphatic heterocycles. The van der Waals surface area contributed by atoms with E-state index in [1.165, 1.54) is 69.4 Å². The van der Waals surface area contributed by atoms with Gasteiger partial charge in [0.05, 0.1) is 0 Å². The van der Waals surface area contributed by atoms with E-state index in [0.717, 1.165) is 12.6 Å². The minimum Gasteiger partial charge on any atom is -0.298 e. The molecule has 20 heavy (non-hydrogen) atoms. The first-order chi connectivity index (χ1) is 9.83. The number of benzene rings is 1. The van der Waals surface area contributed by atoms with Crippen molar-refractivity contribution in [3.8, 4) is 0 Å². The lowest BCUT2D eigenvalue weighted by Gasteiger charge is -2.40. The molecule has 110 valence electrons. The Labute approximate surface area is 123 Å². The van der Waals surface area contributed by atoms with Gasteiger partial charge in [-0.05, 0) is 30.9 Å². The van der Waals surface area contributed by atoms with Crippen molar-refractivity contribution in [3.63, 3.8) is 0 Å². The molecule has 0 atom stereocenters. The van der Waals surface area contributed by atoms with E-state index in [1.807, 2.05) is 0 Å². The van der Waals surface area contributed by atoms with E-state index in [2.05, 4.69) is 41.0 Å². The molecular weight excluding hydrogens is 244 g/mol. The van der Waals surface area contributed by atoms with Crippen molar-refractivity contribution in [1.29, 1.82) is 0 Å². The smallest absolute Gasteiger partial charge is 0.0237 e. The summed E-state index contributed by atoms with van der Waals surface area (Å²) in [6.07, 6.45) is 7.25. The van der Waals surface area contributed by atoms with Gasteiger partial charge in [-0.1, -0.05) is 43.5 Å². The summed E-state index contributed by atoms with van der Waals surface area (Å²) >= 11 is 0. The molecule has 0 amide bonds. The molecule has 1 saturated carbocycles. The Morgan fingerprint density at radius 2 is 1.65 bits per heavy atom. The van der Waals surface area contributed by atoms with Crippen LogP contribution in [0.5, 0.6) is 0 Å². The van der Waals surface area contributed by atoms with Gasteiger partial charge in [0.1, 0.15) is 0 Å². The number of aryl methyl sites for hydroxylation is 1. The molecule has 0 bridgehead atoms. The lowest BCUT2D eigenvalue weighted by atomic mass is 9.94. The third-order valence-electron chi connectivity index (χ3n) is 5.15. The summed E-state index contributed by atoms with van der Waals surface area (Å²) in [5.41, 5.74) is 2.93. The van der Waals surface area contributed by atoms with Gasteiger partial charge in [0.25, 0.3) is 0 Å². The van der Waals surface area contributed by atoms with Crippen molar-refractivity contribution in [2.24, 2.45) is 0 Å². The molecule has 0 radical (unpaired) electrons. The van der Waals surface area contributed by atoms with Crippen molar-refractivity contribution in [2.75, 3.05) is 26.2 Å². The quantitative estimate of drug-likeness (QED) is 0.831. The molecule has 1 aromatic rings. The van der Waals surface area contributed by atoms with Crippen molar-refractivity contribution in [2.45, 2.75) is 51.6 Å². The van der Waals surface area contributed by atoms with Crippen LogP contribution in [0, 0.1) is 6.92 Å². The minimum atomic E-state index is 0.893. The predicted octanol–water partition coefficient (Wildman–Crippen LogP) is 3.45. The zero-order valence-corrected chi connectivity index (χ0v) is 12.9. The molecule has 1 saturated heterocycles. The predicted molar refractivity (Wildman–Crippen MR) is 84.9 cm³/mol. The van der Waals surface area contributed by atoms with Gasteiger partial charge in [0.15, 0.2) is 0 Å². The van der Waals surface area contributed by atoms with Gasteiger partial charge in [0, 0.05) is 38.8 Å². The average Bonchev–Trinajstić information content (AvgIpc) is 2.51. The molecule has 2 heteroatoms. The van der Waals surface area contributed by atoms with Crippen molar-refractivity contribution < 1.29 is 0 Å². The van der Waals surface area contributed by atoms with Crippen LogP contribution in [0.15, 0.2) is 24.3 Å². The van der Waals surface area contributed by atoms with Crippen LogP contribution in [0.2, 0.25) is 0 Å².